The van der Waals surface area contributed by atoms with Crippen molar-refractivity contribution in [2.75, 3.05) is 13.7 Å². The highest BCUT2D eigenvalue weighted by Gasteiger charge is 2.28. The zero-order chi connectivity index (χ0) is 14.9. The summed E-state index contributed by atoms with van der Waals surface area (Å²) < 4.78 is 11.5. The second-order valence-corrected chi connectivity index (χ2v) is 5.96. The molecule has 110 valence electrons. The van der Waals surface area contributed by atoms with E-state index in [1.807, 2.05) is 36.4 Å². The quantitative estimate of drug-likeness (QED) is 0.923. The van der Waals surface area contributed by atoms with E-state index in [1.54, 1.807) is 7.11 Å². The van der Waals surface area contributed by atoms with Crippen LogP contribution in [0.2, 0.25) is 0 Å². The molecule has 0 saturated heterocycles. The number of ether oxygens (including phenoxy) is 2. The summed E-state index contributed by atoms with van der Waals surface area (Å²) in [4.78, 5) is 0. The summed E-state index contributed by atoms with van der Waals surface area (Å²) >= 11 is 0. The van der Waals surface area contributed by atoms with Crippen LogP contribution in [0.4, 0.5) is 0 Å². The average Bonchev–Trinajstić information content (AvgIpc) is 2.51. The van der Waals surface area contributed by atoms with E-state index in [-0.39, 0.29) is 11.6 Å². The van der Waals surface area contributed by atoms with Gasteiger partial charge in [-0.2, -0.15) is 0 Å². The van der Waals surface area contributed by atoms with Crippen molar-refractivity contribution >= 4 is 0 Å². The van der Waals surface area contributed by atoms with Crippen molar-refractivity contribution in [2.45, 2.75) is 25.5 Å². The van der Waals surface area contributed by atoms with Crippen molar-refractivity contribution in [2.24, 2.45) is 0 Å². The van der Waals surface area contributed by atoms with Crippen LogP contribution < -0.4 is 10.1 Å². The van der Waals surface area contributed by atoms with E-state index in [0.29, 0.717) is 0 Å². The largest absolute Gasteiger partial charge is 0.457 e. The lowest BCUT2D eigenvalue weighted by atomic mass is 9.94. The fourth-order valence-corrected chi connectivity index (χ4v) is 2.55. The molecule has 21 heavy (non-hydrogen) atoms. The summed E-state index contributed by atoms with van der Waals surface area (Å²) in [5, 5.41) is 3.62. The van der Waals surface area contributed by atoms with Gasteiger partial charge in [0, 0.05) is 24.8 Å². The van der Waals surface area contributed by atoms with Crippen molar-refractivity contribution < 1.29 is 9.47 Å². The first-order valence-corrected chi connectivity index (χ1v) is 7.25. The van der Waals surface area contributed by atoms with Crippen LogP contribution in [-0.4, -0.2) is 19.3 Å². The molecule has 0 aromatic heterocycles. The van der Waals surface area contributed by atoms with Crippen molar-refractivity contribution in [3.05, 3.63) is 59.7 Å². The molecule has 2 aromatic carbocycles. The molecule has 0 spiro atoms. The highest BCUT2D eigenvalue weighted by atomic mass is 16.5. The summed E-state index contributed by atoms with van der Waals surface area (Å²) in [6.07, 6.45) is 0. The molecule has 0 aliphatic carbocycles. The molecule has 2 aromatic rings. The van der Waals surface area contributed by atoms with Gasteiger partial charge in [-0.1, -0.05) is 36.4 Å². The molecular formula is C18H21NO2. The predicted octanol–water partition coefficient (Wildman–Crippen LogP) is 3.90. The lowest BCUT2D eigenvalue weighted by molar-refractivity contribution is 0.0217. The van der Waals surface area contributed by atoms with E-state index < -0.39 is 0 Å². The Morgan fingerprint density at radius 2 is 1.52 bits per heavy atom. The van der Waals surface area contributed by atoms with Gasteiger partial charge in [0.05, 0.1) is 11.6 Å². The SMILES string of the molecule is COC(C)(C)CNC1c2ccccc2Oc2ccccc21. The van der Waals surface area contributed by atoms with E-state index in [1.165, 1.54) is 11.1 Å². The van der Waals surface area contributed by atoms with Gasteiger partial charge in [0.15, 0.2) is 0 Å². The van der Waals surface area contributed by atoms with Gasteiger partial charge in [-0.05, 0) is 26.0 Å². The molecule has 0 fully saturated rings. The minimum atomic E-state index is -0.206. The van der Waals surface area contributed by atoms with Crippen LogP contribution in [0.3, 0.4) is 0 Å². The Hall–Kier alpha value is -1.84. The van der Waals surface area contributed by atoms with E-state index >= 15 is 0 Å². The molecule has 1 aliphatic rings. The lowest BCUT2D eigenvalue weighted by Crippen LogP contribution is -2.39. The number of rotatable bonds is 4. The molecule has 1 N–H and O–H groups in total. The third-order valence-corrected chi connectivity index (χ3v) is 3.96. The number of benzene rings is 2. The second-order valence-electron chi connectivity index (χ2n) is 5.96. The number of hydrogen-bond donors (Lipinski definition) is 1. The Labute approximate surface area is 125 Å². The van der Waals surface area contributed by atoms with Crippen LogP contribution in [0, 0.1) is 0 Å². The molecule has 1 aliphatic heterocycles. The molecule has 3 rings (SSSR count). The zero-order valence-corrected chi connectivity index (χ0v) is 12.7. The first-order valence-electron chi connectivity index (χ1n) is 7.25. The monoisotopic (exact) mass is 283 g/mol. The van der Waals surface area contributed by atoms with E-state index in [9.17, 15) is 0 Å². The Kier molecular flexibility index (Phi) is 3.70. The third-order valence-electron chi connectivity index (χ3n) is 3.96. The van der Waals surface area contributed by atoms with Crippen molar-refractivity contribution in [1.29, 1.82) is 0 Å². The molecule has 0 amide bonds. The number of methoxy groups -OCH3 is 1. The van der Waals surface area contributed by atoms with Crippen LogP contribution in [-0.2, 0) is 4.74 Å². The van der Waals surface area contributed by atoms with Gasteiger partial charge in [-0.3, -0.25) is 0 Å². The van der Waals surface area contributed by atoms with E-state index in [0.717, 1.165) is 18.0 Å². The Morgan fingerprint density at radius 3 is 2.05 bits per heavy atom. The molecule has 0 bridgehead atoms. The maximum atomic E-state index is 5.99. The molecule has 0 atom stereocenters. The van der Waals surface area contributed by atoms with Crippen LogP contribution in [0.25, 0.3) is 0 Å². The molecular weight excluding hydrogens is 262 g/mol. The van der Waals surface area contributed by atoms with Crippen LogP contribution in [0.1, 0.15) is 31.0 Å². The maximum Gasteiger partial charge on any atom is 0.132 e. The minimum Gasteiger partial charge on any atom is -0.457 e. The van der Waals surface area contributed by atoms with Crippen molar-refractivity contribution in [1.82, 2.24) is 5.32 Å². The maximum absolute atomic E-state index is 5.99. The highest BCUT2D eigenvalue weighted by molar-refractivity contribution is 5.52. The fraction of sp³-hybridized carbons (Fsp3) is 0.333. The highest BCUT2D eigenvalue weighted by Crippen LogP contribution is 2.42. The van der Waals surface area contributed by atoms with Gasteiger partial charge < -0.3 is 14.8 Å². The summed E-state index contributed by atoms with van der Waals surface area (Å²) in [7, 11) is 1.74. The first-order chi connectivity index (χ1) is 10.1. The summed E-state index contributed by atoms with van der Waals surface area (Å²) in [5.41, 5.74) is 2.13. The molecule has 0 radical (unpaired) electrons. The molecule has 3 nitrogen and oxygen atoms in total. The van der Waals surface area contributed by atoms with Crippen LogP contribution >= 0.6 is 0 Å². The van der Waals surface area contributed by atoms with Crippen molar-refractivity contribution in [3.63, 3.8) is 0 Å². The number of para-hydroxylation sites is 2. The Morgan fingerprint density at radius 1 is 1.00 bits per heavy atom. The van der Waals surface area contributed by atoms with Crippen LogP contribution in [0.5, 0.6) is 11.5 Å². The Balaban J connectivity index is 1.95. The standard InChI is InChI=1S/C18H21NO2/c1-18(2,20-3)12-19-17-13-8-4-6-10-15(13)21-16-11-7-5-9-14(16)17/h4-11,17,19H,12H2,1-3H3. The smallest absolute Gasteiger partial charge is 0.132 e. The van der Waals surface area contributed by atoms with Gasteiger partial charge in [-0.25, -0.2) is 0 Å². The second kappa shape index (κ2) is 5.51. The molecule has 0 saturated carbocycles. The predicted molar refractivity (Wildman–Crippen MR) is 83.9 cm³/mol. The van der Waals surface area contributed by atoms with Gasteiger partial charge in [-0.15, -0.1) is 0 Å². The molecule has 0 unspecified atom stereocenters. The third kappa shape index (κ3) is 2.80. The first kappa shape index (κ1) is 14.1. The number of hydrogen-bond acceptors (Lipinski definition) is 3. The van der Waals surface area contributed by atoms with Gasteiger partial charge in [0.2, 0.25) is 0 Å². The van der Waals surface area contributed by atoms with Gasteiger partial charge in [0.25, 0.3) is 0 Å². The van der Waals surface area contributed by atoms with Gasteiger partial charge in [0.1, 0.15) is 11.5 Å². The lowest BCUT2D eigenvalue weighted by Gasteiger charge is -2.32. The zero-order valence-electron chi connectivity index (χ0n) is 12.7. The van der Waals surface area contributed by atoms with Crippen LogP contribution in [0.15, 0.2) is 48.5 Å². The Bertz CT molecular complexity index is 591. The fourth-order valence-electron chi connectivity index (χ4n) is 2.55. The van der Waals surface area contributed by atoms with E-state index in [2.05, 4.69) is 31.3 Å². The topological polar surface area (TPSA) is 30.5 Å². The molecule has 1 heterocycles. The number of fused-ring (bicyclic) bond motifs is 2. The van der Waals surface area contributed by atoms with Gasteiger partial charge >= 0.3 is 0 Å². The summed E-state index contributed by atoms with van der Waals surface area (Å²) in [5.74, 6) is 1.84. The van der Waals surface area contributed by atoms with Crippen molar-refractivity contribution in [3.8, 4) is 11.5 Å². The average molecular weight is 283 g/mol. The summed E-state index contributed by atoms with van der Waals surface area (Å²) in [6.45, 7) is 4.92. The minimum absolute atomic E-state index is 0.126. The molecule has 3 heteroatoms. The normalized spacial score (nSPS) is 14.2. The number of nitrogens with one attached hydrogen (secondary N) is 1. The van der Waals surface area contributed by atoms with E-state index in [4.69, 9.17) is 9.47 Å². The summed E-state index contributed by atoms with van der Waals surface area (Å²) in [6, 6.07) is 16.5.